The first-order valence-electron chi connectivity index (χ1n) is 6.45. The summed E-state index contributed by atoms with van der Waals surface area (Å²) in [5.41, 5.74) is 4.65. The van der Waals surface area contributed by atoms with Gasteiger partial charge in [-0.15, -0.1) is 0 Å². The molecule has 3 aromatic rings. The van der Waals surface area contributed by atoms with Crippen LogP contribution in [0.4, 0.5) is 0 Å². The van der Waals surface area contributed by atoms with Gasteiger partial charge < -0.3 is 0 Å². The zero-order valence-electron chi connectivity index (χ0n) is 10.6. The van der Waals surface area contributed by atoms with Crippen LogP contribution in [0.15, 0.2) is 42.5 Å². The lowest BCUT2D eigenvalue weighted by atomic mass is 10.0. The number of carbonyl (C=O) groups is 1. The second-order valence-electron chi connectivity index (χ2n) is 4.80. The summed E-state index contributed by atoms with van der Waals surface area (Å²) in [5.74, 6) is 0.804. The third-order valence-electron chi connectivity index (χ3n) is 3.73. The van der Waals surface area contributed by atoms with E-state index >= 15 is 0 Å². The second kappa shape index (κ2) is 3.54. The van der Waals surface area contributed by atoms with Gasteiger partial charge in [-0.25, -0.2) is 4.98 Å². The van der Waals surface area contributed by atoms with Crippen LogP contribution in [0.5, 0.6) is 0 Å². The first-order chi connectivity index (χ1) is 9.29. The number of aryl methyl sites for hydroxylation is 1. The number of hydrogen-bond acceptors (Lipinski definition) is 2. The first-order valence-corrected chi connectivity index (χ1v) is 6.45. The van der Waals surface area contributed by atoms with Gasteiger partial charge in [-0.05, 0) is 30.2 Å². The van der Waals surface area contributed by atoms with Crippen LogP contribution in [0.1, 0.15) is 22.8 Å². The molecule has 1 aromatic heterocycles. The maximum Gasteiger partial charge on any atom is 0.264 e. The Morgan fingerprint density at radius 1 is 1.11 bits per heavy atom. The molecule has 19 heavy (non-hydrogen) atoms. The molecule has 0 spiro atoms. The normalized spacial score (nSPS) is 12.8. The van der Waals surface area contributed by atoms with Gasteiger partial charge in [-0.3, -0.25) is 9.36 Å². The van der Waals surface area contributed by atoms with Crippen molar-refractivity contribution in [2.24, 2.45) is 0 Å². The molecule has 4 rings (SSSR count). The SMILES string of the molecule is CCc1ccc2c(c1)C(=O)n1c-2nc2ccccc21. The second-order valence-corrected chi connectivity index (χ2v) is 4.80. The predicted molar refractivity (Wildman–Crippen MR) is 74.3 cm³/mol. The zero-order chi connectivity index (χ0) is 13.0. The van der Waals surface area contributed by atoms with E-state index in [1.54, 1.807) is 4.57 Å². The summed E-state index contributed by atoms with van der Waals surface area (Å²) in [6.07, 6.45) is 0.934. The maximum absolute atomic E-state index is 12.6. The number of benzene rings is 2. The highest BCUT2D eigenvalue weighted by Crippen LogP contribution is 2.35. The topological polar surface area (TPSA) is 34.9 Å². The highest BCUT2D eigenvalue weighted by atomic mass is 16.2. The molecule has 0 fully saturated rings. The van der Waals surface area contributed by atoms with Crippen molar-refractivity contribution >= 4 is 16.9 Å². The van der Waals surface area contributed by atoms with Crippen LogP contribution < -0.4 is 0 Å². The average molecular weight is 248 g/mol. The van der Waals surface area contributed by atoms with Crippen LogP contribution in [0.3, 0.4) is 0 Å². The van der Waals surface area contributed by atoms with Crippen LogP contribution >= 0.6 is 0 Å². The smallest absolute Gasteiger partial charge is 0.264 e. The monoisotopic (exact) mass is 248 g/mol. The van der Waals surface area contributed by atoms with Gasteiger partial charge in [0, 0.05) is 5.56 Å². The first kappa shape index (κ1) is 10.5. The molecule has 0 saturated heterocycles. The van der Waals surface area contributed by atoms with Crippen molar-refractivity contribution < 1.29 is 4.79 Å². The predicted octanol–water partition coefficient (Wildman–Crippen LogP) is 3.27. The van der Waals surface area contributed by atoms with Crippen molar-refractivity contribution in [3.63, 3.8) is 0 Å². The van der Waals surface area contributed by atoms with Crippen molar-refractivity contribution in [2.75, 3.05) is 0 Å². The van der Waals surface area contributed by atoms with E-state index in [0.29, 0.717) is 0 Å². The summed E-state index contributed by atoms with van der Waals surface area (Å²) < 4.78 is 1.72. The van der Waals surface area contributed by atoms with Crippen molar-refractivity contribution in [1.29, 1.82) is 0 Å². The Kier molecular flexibility index (Phi) is 1.96. The fourth-order valence-corrected chi connectivity index (χ4v) is 2.72. The lowest BCUT2D eigenvalue weighted by Gasteiger charge is -2.00. The van der Waals surface area contributed by atoms with Gasteiger partial charge in [0.15, 0.2) is 0 Å². The summed E-state index contributed by atoms with van der Waals surface area (Å²) in [7, 11) is 0. The number of hydrogen-bond donors (Lipinski definition) is 0. The molecule has 1 aliphatic heterocycles. The number of carbonyl (C=O) groups excluding carboxylic acids is 1. The van der Waals surface area contributed by atoms with Gasteiger partial charge in [0.05, 0.1) is 16.6 Å². The summed E-state index contributed by atoms with van der Waals surface area (Å²) in [5, 5.41) is 0. The zero-order valence-corrected chi connectivity index (χ0v) is 10.6. The van der Waals surface area contributed by atoms with E-state index in [1.165, 1.54) is 5.56 Å². The molecule has 3 nitrogen and oxygen atoms in total. The summed E-state index contributed by atoms with van der Waals surface area (Å²) >= 11 is 0. The molecule has 1 aliphatic rings. The Labute approximate surface area is 110 Å². The molecule has 2 aromatic carbocycles. The minimum absolute atomic E-state index is 0.0361. The highest BCUT2D eigenvalue weighted by molar-refractivity contribution is 6.12. The lowest BCUT2D eigenvalue weighted by Crippen LogP contribution is -2.05. The highest BCUT2D eigenvalue weighted by Gasteiger charge is 2.29. The van der Waals surface area contributed by atoms with Gasteiger partial charge in [-0.1, -0.05) is 31.2 Å². The summed E-state index contributed by atoms with van der Waals surface area (Å²) in [6, 6.07) is 13.8. The molecule has 0 N–H and O–H groups in total. The van der Waals surface area contributed by atoms with Crippen molar-refractivity contribution in [3.8, 4) is 11.4 Å². The van der Waals surface area contributed by atoms with Gasteiger partial charge >= 0.3 is 0 Å². The molecule has 0 amide bonds. The fraction of sp³-hybridized carbons (Fsp3) is 0.125. The molecule has 0 aliphatic carbocycles. The van der Waals surface area contributed by atoms with Crippen molar-refractivity contribution in [2.45, 2.75) is 13.3 Å². The van der Waals surface area contributed by atoms with Crippen LogP contribution in [-0.2, 0) is 6.42 Å². The Bertz CT molecular complexity index is 830. The van der Waals surface area contributed by atoms with E-state index in [-0.39, 0.29) is 5.91 Å². The summed E-state index contributed by atoms with van der Waals surface area (Å²) in [6.45, 7) is 2.09. The molecule has 2 heterocycles. The van der Waals surface area contributed by atoms with Crippen molar-refractivity contribution in [1.82, 2.24) is 9.55 Å². The Balaban J connectivity index is 2.07. The van der Waals surface area contributed by atoms with E-state index in [2.05, 4.69) is 18.0 Å². The van der Waals surface area contributed by atoms with Gasteiger partial charge in [0.1, 0.15) is 5.82 Å². The van der Waals surface area contributed by atoms with E-state index in [4.69, 9.17) is 0 Å². The minimum Gasteiger partial charge on any atom is -0.268 e. The maximum atomic E-state index is 12.6. The van der Waals surface area contributed by atoms with E-state index < -0.39 is 0 Å². The number of fused-ring (bicyclic) bond motifs is 5. The largest absolute Gasteiger partial charge is 0.268 e. The van der Waals surface area contributed by atoms with Gasteiger partial charge in [0.2, 0.25) is 0 Å². The Hall–Kier alpha value is -2.42. The van der Waals surface area contributed by atoms with Crippen LogP contribution in [0, 0.1) is 0 Å². The lowest BCUT2D eigenvalue weighted by molar-refractivity contribution is 0.0973. The number of aromatic nitrogens is 2. The van der Waals surface area contributed by atoms with E-state index in [0.717, 1.165) is 34.4 Å². The number of imidazole rings is 1. The number of nitrogens with zero attached hydrogens (tertiary/aromatic N) is 2. The Morgan fingerprint density at radius 2 is 1.95 bits per heavy atom. The Morgan fingerprint density at radius 3 is 2.79 bits per heavy atom. The van der Waals surface area contributed by atoms with Gasteiger partial charge in [0.25, 0.3) is 5.91 Å². The minimum atomic E-state index is 0.0361. The average Bonchev–Trinajstić information content (AvgIpc) is 2.95. The van der Waals surface area contributed by atoms with Crippen molar-refractivity contribution in [3.05, 3.63) is 53.6 Å². The van der Waals surface area contributed by atoms with Crippen LogP contribution in [0.2, 0.25) is 0 Å². The summed E-state index contributed by atoms with van der Waals surface area (Å²) in [4.78, 5) is 17.1. The van der Waals surface area contributed by atoms with Crippen LogP contribution in [-0.4, -0.2) is 15.5 Å². The molecule has 0 radical (unpaired) electrons. The molecule has 0 bridgehead atoms. The third kappa shape index (κ3) is 1.27. The number of rotatable bonds is 1. The molecule has 0 saturated carbocycles. The molecule has 92 valence electrons. The number of para-hydroxylation sites is 2. The van der Waals surface area contributed by atoms with Gasteiger partial charge in [-0.2, -0.15) is 0 Å². The van der Waals surface area contributed by atoms with Crippen LogP contribution in [0.25, 0.3) is 22.4 Å². The standard InChI is InChI=1S/C16H12N2O/c1-2-10-7-8-11-12(9-10)16(19)18-14-6-4-3-5-13(14)17-15(11)18/h3-9H,2H2,1H3. The van der Waals surface area contributed by atoms with E-state index in [9.17, 15) is 4.79 Å². The van der Waals surface area contributed by atoms with E-state index in [1.807, 2.05) is 36.4 Å². The fourth-order valence-electron chi connectivity index (χ4n) is 2.72. The molecule has 3 heteroatoms. The molecule has 0 unspecified atom stereocenters. The molecule has 0 atom stereocenters. The molecular formula is C16H12N2O. The quantitative estimate of drug-likeness (QED) is 0.518. The molecular weight excluding hydrogens is 236 g/mol. The third-order valence-corrected chi connectivity index (χ3v) is 3.73.